The van der Waals surface area contributed by atoms with Gasteiger partial charge in [0, 0.05) is 51.2 Å². The molecule has 0 aromatic heterocycles. The minimum absolute atomic E-state index is 0.0174. The Morgan fingerprint density at radius 3 is 1.61 bits per heavy atom. The Morgan fingerprint density at radius 2 is 1.30 bits per heavy atom. The Balaban J connectivity index is 1.72. The number of ketones is 2. The normalized spacial score (nSPS) is 43.8. The second-order valence-corrected chi connectivity index (χ2v) is 12.7. The van der Waals surface area contributed by atoms with E-state index in [0.717, 1.165) is 25.7 Å². The molecule has 0 aromatic carbocycles. The van der Waals surface area contributed by atoms with Crippen LogP contribution in [0.25, 0.3) is 0 Å². The number of ether oxygens (including phenoxy) is 2. The molecule has 9 nitrogen and oxygen atoms in total. The minimum atomic E-state index is -4.65. The van der Waals surface area contributed by atoms with E-state index in [1.54, 1.807) is 0 Å². The highest BCUT2D eigenvalue weighted by Crippen LogP contribution is 2.54. The minimum Gasteiger partial charge on any atom is -0.382 e. The molecule has 0 amide bonds. The van der Waals surface area contributed by atoms with E-state index in [2.05, 4.69) is 23.6 Å². The Morgan fingerprint density at radius 1 is 0.909 bits per heavy atom. The maximum Gasteiger partial charge on any atom is 0.328 e. The van der Waals surface area contributed by atoms with Gasteiger partial charge in [-0.05, 0) is 52.4 Å². The third-order valence-corrected chi connectivity index (χ3v) is 10.2. The molecule has 2 N–H and O–H groups in total. The van der Waals surface area contributed by atoms with E-state index in [1.807, 2.05) is 0 Å². The summed E-state index contributed by atoms with van der Waals surface area (Å²) in [5.74, 6) is -0.167. The van der Waals surface area contributed by atoms with Crippen molar-refractivity contribution < 1.29 is 33.4 Å². The molecule has 6 saturated heterocycles. The number of carbonyl (C=O) groups excluding carboxylic acids is 2. The molecule has 8 atom stereocenters. The van der Waals surface area contributed by atoms with Crippen molar-refractivity contribution in [3.63, 3.8) is 0 Å². The Labute approximate surface area is 196 Å². The summed E-state index contributed by atoms with van der Waals surface area (Å²) in [4.78, 5) is 52.4. The van der Waals surface area contributed by atoms with Gasteiger partial charge in [-0.15, -0.1) is 0 Å². The maximum absolute atomic E-state index is 13.6. The predicted octanol–water partition coefficient (Wildman–Crippen LogP) is 1.45. The van der Waals surface area contributed by atoms with Gasteiger partial charge in [0.1, 0.15) is 11.1 Å². The van der Waals surface area contributed by atoms with Crippen LogP contribution in [0.15, 0.2) is 0 Å². The summed E-state index contributed by atoms with van der Waals surface area (Å²) in [6, 6.07) is 0.274. The smallest absolute Gasteiger partial charge is 0.328 e. The van der Waals surface area contributed by atoms with Crippen LogP contribution in [0.3, 0.4) is 0 Å². The first-order chi connectivity index (χ1) is 15.5. The van der Waals surface area contributed by atoms with Crippen LogP contribution in [0, 0.1) is 11.8 Å². The summed E-state index contributed by atoms with van der Waals surface area (Å²) < 4.78 is 23.9. The highest BCUT2D eigenvalue weighted by molar-refractivity contribution is 7.52. The average Bonchev–Trinajstić information content (AvgIpc) is 2.74. The number of hydrogen-bond acceptors (Lipinski definition) is 7. The number of methoxy groups -OCH3 is 2. The Kier molecular flexibility index (Phi) is 7.00. The highest BCUT2D eigenvalue weighted by atomic mass is 31.2. The summed E-state index contributed by atoms with van der Waals surface area (Å²) in [6.45, 7) is 5.75. The first-order valence-electron chi connectivity index (χ1n) is 12.2. The van der Waals surface area contributed by atoms with Crippen LogP contribution >= 0.6 is 7.60 Å². The van der Waals surface area contributed by atoms with Crippen LogP contribution in [0.4, 0.5) is 0 Å². The lowest BCUT2D eigenvalue weighted by atomic mass is 9.66. The van der Waals surface area contributed by atoms with E-state index < -0.39 is 24.3 Å². The quantitative estimate of drug-likeness (QED) is 0.467. The van der Waals surface area contributed by atoms with Crippen molar-refractivity contribution in [1.82, 2.24) is 9.80 Å². The lowest BCUT2D eigenvalue weighted by molar-refractivity contribution is -0.164. The van der Waals surface area contributed by atoms with Gasteiger partial charge < -0.3 is 19.3 Å². The molecular weight excluding hydrogens is 447 g/mol. The van der Waals surface area contributed by atoms with Gasteiger partial charge in [0.05, 0.1) is 18.9 Å². The molecule has 188 valence electrons. The molecule has 10 heteroatoms. The standard InChI is InChI=1S/C23H39N2O7P/c1-15-9-17-5-7-24(15)22(13-31-3,20(17)26)11-19(33(28,29)30)12-23(14-32-4)21(27)18-6-8-25(23)16(2)10-18/h15-19H,5-14H2,1-4H3,(H2,28,29,30). The van der Waals surface area contributed by atoms with Gasteiger partial charge in [0.25, 0.3) is 0 Å². The molecular formula is C23H39N2O7P. The van der Waals surface area contributed by atoms with E-state index in [4.69, 9.17) is 9.47 Å². The molecule has 6 aliphatic heterocycles. The van der Waals surface area contributed by atoms with Crippen LogP contribution in [0.2, 0.25) is 0 Å². The van der Waals surface area contributed by atoms with Crippen molar-refractivity contribution in [2.75, 3.05) is 40.5 Å². The number of Topliss-reactive ketones (excluding diaryl/α,β-unsaturated/α-hetero) is 2. The summed E-state index contributed by atoms with van der Waals surface area (Å²) >= 11 is 0. The molecule has 0 aromatic rings. The molecule has 6 aliphatic rings. The SMILES string of the molecule is COCC1(CC(CC2(COC)C(=O)C3CCN2C(C)C3)P(=O)(O)O)C(=O)C2CCN1C(C)C2. The van der Waals surface area contributed by atoms with Gasteiger partial charge in [-0.1, -0.05) is 0 Å². The van der Waals surface area contributed by atoms with Crippen molar-refractivity contribution in [2.24, 2.45) is 11.8 Å². The number of hydrogen-bond donors (Lipinski definition) is 2. The summed E-state index contributed by atoms with van der Waals surface area (Å²) in [5, 5.41) is 0. The van der Waals surface area contributed by atoms with Crippen LogP contribution in [0.1, 0.15) is 52.4 Å². The van der Waals surface area contributed by atoms with E-state index >= 15 is 0 Å². The molecule has 33 heavy (non-hydrogen) atoms. The zero-order valence-corrected chi connectivity index (χ0v) is 21.1. The zero-order chi connectivity index (χ0) is 24.2. The lowest BCUT2D eigenvalue weighted by Crippen LogP contribution is -2.72. The van der Waals surface area contributed by atoms with E-state index in [0.29, 0.717) is 13.1 Å². The third-order valence-electron chi connectivity index (χ3n) is 8.90. The second-order valence-electron chi connectivity index (χ2n) is 10.8. The van der Waals surface area contributed by atoms with E-state index in [9.17, 15) is 23.9 Å². The largest absolute Gasteiger partial charge is 0.382 e. The molecule has 0 saturated carbocycles. The van der Waals surface area contributed by atoms with Gasteiger partial charge in [-0.2, -0.15) is 0 Å². The van der Waals surface area contributed by atoms with Crippen molar-refractivity contribution >= 4 is 19.2 Å². The topological polar surface area (TPSA) is 117 Å². The number of piperidine rings is 6. The third kappa shape index (κ3) is 4.07. The van der Waals surface area contributed by atoms with Crippen molar-refractivity contribution in [3.05, 3.63) is 0 Å². The molecule has 8 unspecified atom stereocenters. The molecule has 6 fully saturated rings. The number of rotatable bonds is 9. The molecule has 0 radical (unpaired) electrons. The number of nitrogens with zero attached hydrogens (tertiary/aromatic N) is 2. The fourth-order valence-corrected chi connectivity index (χ4v) is 8.64. The zero-order valence-electron chi connectivity index (χ0n) is 20.2. The number of carbonyl (C=O) groups is 2. The van der Waals surface area contributed by atoms with Gasteiger partial charge in [-0.25, -0.2) is 0 Å². The van der Waals surface area contributed by atoms with Crippen LogP contribution in [-0.4, -0.2) is 100 Å². The van der Waals surface area contributed by atoms with Gasteiger partial charge in [-0.3, -0.25) is 24.0 Å². The van der Waals surface area contributed by atoms with Crippen LogP contribution in [-0.2, 0) is 23.6 Å². The highest BCUT2D eigenvalue weighted by Gasteiger charge is 2.61. The first-order valence-corrected chi connectivity index (χ1v) is 13.8. The predicted molar refractivity (Wildman–Crippen MR) is 122 cm³/mol. The fraction of sp³-hybridized carbons (Fsp3) is 0.913. The lowest BCUT2D eigenvalue weighted by Gasteiger charge is -2.58. The Bertz CT molecular complexity index is 778. The molecule has 4 bridgehead atoms. The monoisotopic (exact) mass is 486 g/mol. The van der Waals surface area contributed by atoms with Gasteiger partial charge >= 0.3 is 7.60 Å². The van der Waals surface area contributed by atoms with E-state index in [-0.39, 0.29) is 61.5 Å². The summed E-state index contributed by atoms with van der Waals surface area (Å²) in [6.07, 6.45) is 3.04. The Hall–Kier alpha value is -0.670. The molecule has 6 heterocycles. The van der Waals surface area contributed by atoms with E-state index in [1.165, 1.54) is 14.2 Å². The fourth-order valence-electron chi connectivity index (χ4n) is 7.56. The summed E-state index contributed by atoms with van der Waals surface area (Å²) in [7, 11) is -1.59. The molecule has 0 spiro atoms. The van der Waals surface area contributed by atoms with Crippen LogP contribution < -0.4 is 0 Å². The van der Waals surface area contributed by atoms with Crippen LogP contribution in [0.5, 0.6) is 0 Å². The average molecular weight is 487 g/mol. The summed E-state index contributed by atoms with van der Waals surface area (Å²) in [5.41, 5.74) is -3.30. The second kappa shape index (κ2) is 9.08. The molecule has 0 aliphatic carbocycles. The van der Waals surface area contributed by atoms with Gasteiger partial charge in [0.2, 0.25) is 0 Å². The maximum atomic E-state index is 13.6. The molecule has 6 rings (SSSR count). The van der Waals surface area contributed by atoms with Gasteiger partial charge in [0.15, 0.2) is 11.6 Å². The van der Waals surface area contributed by atoms with Crippen molar-refractivity contribution in [3.8, 4) is 0 Å². The van der Waals surface area contributed by atoms with Crippen molar-refractivity contribution in [2.45, 2.75) is 81.2 Å². The first kappa shape index (κ1) is 25.4. The van der Waals surface area contributed by atoms with Crippen molar-refractivity contribution in [1.29, 1.82) is 0 Å². The number of fused-ring (bicyclic) bond motifs is 6.